The van der Waals surface area contributed by atoms with Gasteiger partial charge in [0.15, 0.2) is 5.78 Å². The summed E-state index contributed by atoms with van der Waals surface area (Å²) in [6.45, 7) is 9.58. The SMILES string of the molecule is C\C=C/C(=C\C(C)=C(\C=NC)c1cc(C(C)N=NC)ccc1C)C(C)=O. The molecule has 138 valence electrons. The number of carbonyl (C=O) groups is 1. The largest absolute Gasteiger partial charge is 0.296 e. The summed E-state index contributed by atoms with van der Waals surface area (Å²) in [6, 6.07) is 6.28. The van der Waals surface area contributed by atoms with Crippen LogP contribution in [0, 0.1) is 6.92 Å². The summed E-state index contributed by atoms with van der Waals surface area (Å²) in [6.07, 6.45) is 7.47. The van der Waals surface area contributed by atoms with E-state index >= 15 is 0 Å². The van der Waals surface area contributed by atoms with Gasteiger partial charge in [0.05, 0.1) is 6.04 Å². The van der Waals surface area contributed by atoms with Gasteiger partial charge in [0.25, 0.3) is 0 Å². The van der Waals surface area contributed by atoms with Crippen molar-refractivity contribution in [3.05, 3.63) is 64.3 Å². The number of allylic oxidation sites excluding steroid dienone is 6. The zero-order chi connectivity index (χ0) is 19.7. The quantitative estimate of drug-likeness (QED) is 0.269. The molecule has 0 aliphatic heterocycles. The highest BCUT2D eigenvalue weighted by Crippen LogP contribution is 2.27. The molecule has 0 aromatic heterocycles. The van der Waals surface area contributed by atoms with E-state index in [0.29, 0.717) is 5.57 Å². The molecule has 0 bridgehead atoms. The molecule has 4 nitrogen and oxygen atoms in total. The van der Waals surface area contributed by atoms with Crippen LogP contribution < -0.4 is 0 Å². The standard InChI is InChI=1S/C22H29N3O/c1-8-9-20(18(5)26)12-16(3)22(14-23-6)21-13-19(11-10-15(21)2)17(4)25-24-7/h8-14,17H,1-7H3/b9-8-,20-12+,22-16-,23-14?,25-24?. The molecule has 0 saturated heterocycles. The normalized spacial score (nSPS) is 15.1. The van der Waals surface area contributed by atoms with E-state index in [1.807, 2.05) is 45.2 Å². The third-order valence-corrected chi connectivity index (χ3v) is 4.13. The van der Waals surface area contributed by atoms with Crippen LogP contribution >= 0.6 is 0 Å². The Morgan fingerprint density at radius 1 is 1.19 bits per heavy atom. The number of rotatable bonds is 7. The highest BCUT2D eigenvalue weighted by Gasteiger charge is 2.11. The predicted octanol–water partition coefficient (Wildman–Crippen LogP) is 5.70. The molecule has 0 fully saturated rings. The summed E-state index contributed by atoms with van der Waals surface area (Å²) in [5.74, 6) is 0.0395. The minimum atomic E-state index is -0.00850. The van der Waals surface area contributed by atoms with Crippen LogP contribution in [0.3, 0.4) is 0 Å². The van der Waals surface area contributed by atoms with Crippen molar-refractivity contribution in [3.8, 4) is 0 Å². The lowest BCUT2D eigenvalue weighted by molar-refractivity contribution is -0.113. The molecule has 0 aliphatic carbocycles. The van der Waals surface area contributed by atoms with Crippen molar-refractivity contribution in [2.45, 2.75) is 40.7 Å². The number of carbonyl (C=O) groups excluding carboxylic acids is 1. The van der Waals surface area contributed by atoms with Gasteiger partial charge in [0.1, 0.15) is 0 Å². The van der Waals surface area contributed by atoms with Crippen molar-refractivity contribution in [1.29, 1.82) is 0 Å². The molecule has 0 heterocycles. The fourth-order valence-electron chi connectivity index (χ4n) is 2.70. The number of aliphatic imine (C=N–C) groups is 1. The number of hydrogen-bond donors (Lipinski definition) is 0. The van der Waals surface area contributed by atoms with Gasteiger partial charge in [0.2, 0.25) is 0 Å². The van der Waals surface area contributed by atoms with E-state index in [0.717, 1.165) is 27.8 Å². The van der Waals surface area contributed by atoms with E-state index < -0.39 is 0 Å². The Morgan fingerprint density at radius 3 is 2.42 bits per heavy atom. The van der Waals surface area contributed by atoms with Gasteiger partial charge in [0, 0.05) is 31.5 Å². The molecule has 4 heteroatoms. The first-order valence-corrected chi connectivity index (χ1v) is 8.73. The molecule has 1 aromatic rings. The zero-order valence-corrected chi connectivity index (χ0v) is 16.9. The monoisotopic (exact) mass is 351 g/mol. The van der Waals surface area contributed by atoms with Gasteiger partial charge >= 0.3 is 0 Å². The smallest absolute Gasteiger partial charge is 0.159 e. The number of aryl methyl sites for hydroxylation is 1. The lowest BCUT2D eigenvalue weighted by Crippen LogP contribution is -1.99. The lowest BCUT2D eigenvalue weighted by atomic mass is 9.92. The molecule has 0 aliphatic rings. The minimum Gasteiger partial charge on any atom is -0.296 e. The van der Waals surface area contributed by atoms with E-state index in [9.17, 15) is 4.79 Å². The number of azo groups is 1. The van der Waals surface area contributed by atoms with E-state index in [2.05, 4.69) is 40.3 Å². The predicted molar refractivity (Wildman–Crippen MR) is 111 cm³/mol. The zero-order valence-electron chi connectivity index (χ0n) is 16.9. The van der Waals surface area contributed by atoms with Crippen molar-refractivity contribution < 1.29 is 4.79 Å². The van der Waals surface area contributed by atoms with Gasteiger partial charge in [-0.05, 0) is 69.0 Å². The topological polar surface area (TPSA) is 54.1 Å². The van der Waals surface area contributed by atoms with Crippen molar-refractivity contribution >= 4 is 17.6 Å². The molecule has 1 rings (SSSR count). The fraction of sp³-hybridized carbons (Fsp3) is 0.364. The molecule has 1 atom stereocenters. The van der Waals surface area contributed by atoms with Crippen LogP contribution in [0.4, 0.5) is 0 Å². The third kappa shape index (κ3) is 5.73. The summed E-state index contributed by atoms with van der Waals surface area (Å²) in [5.41, 5.74) is 5.99. The first-order chi connectivity index (χ1) is 12.3. The van der Waals surface area contributed by atoms with Crippen LogP contribution in [-0.4, -0.2) is 26.1 Å². The van der Waals surface area contributed by atoms with E-state index in [1.54, 1.807) is 21.0 Å². The second kappa shape index (κ2) is 10.4. The Bertz CT molecular complexity index is 796. The highest BCUT2D eigenvalue weighted by molar-refractivity contribution is 6.12. The number of hydrogen-bond acceptors (Lipinski definition) is 4. The Hall–Kier alpha value is -2.62. The summed E-state index contributed by atoms with van der Waals surface area (Å²) in [4.78, 5) is 16.1. The number of benzene rings is 1. The van der Waals surface area contributed by atoms with Crippen LogP contribution in [0.15, 0.2) is 62.8 Å². The van der Waals surface area contributed by atoms with E-state index in [1.165, 1.54) is 0 Å². The van der Waals surface area contributed by atoms with Gasteiger partial charge in [-0.3, -0.25) is 9.79 Å². The van der Waals surface area contributed by atoms with Crippen LogP contribution in [0.2, 0.25) is 0 Å². The molecule has 0 spiro atoms. The Kier molecular flexibility index (Phi) is 8.56. The van der Waals surface area contributed by atoms with Crippen molar-refractivity contribution in [2.75, 3.05) is 14.1 Å². The second-order valence-corrected chi connectivity index (χ2v) is 6.21. The van der Waals surface area contributed by atoms with Gasteiger partial charge in [-0.1, -0.05) is 24.3 Å². The first-order valence-electron chi connectivity index (χ1n) is 8.73. The van der Waals surface area contributed by atoms with Crippen molar-refractivity contribution in [2.24, 2.45) is 15.2 Å². The van der Waals surface area contributed by atoms with E-state index in [4.69, 9.17) is 0 Å². The Morgan fingerprint density at radius 2 is 1.88 bits per heavy atom. The van der Waals surface area contributed by atoms with Crippen LogP contribution in [0.25, 0.3) is 5.57 Å². The second-order valence-electron chi connectivity index (χ2n) is 6.21. The first kappa shape index (κ1) is 21.4. The summed E-state index contributed by atoms with van der Waals surface area (Å²) in [7, 11) is 3.43. The van der Waals surface area contributed by atoms with Crippen LogP contribution in [0.1, 0.15) is 50.4 Å². The Balaban J connectivity index is 3.61. The molecule has 0 amide bonds. The number of Topliss-reactive ketones (excluding diaryl/α,β-unsaturated/α-hetero) is 1. The maximum absolute atomic E-state index is 11.9. The molecule has 26 heavy (non-hydrogen) atoms. The lowest BCUT2D eigenvalue weighted by Gasteiger charge is -2.14. The minimum absolute atomic E-state index is 0.00850. The van der Waals surface area contributed by atoms with Crippen molar-refractivity contribution in [1.82, 2.24) is 0 Å². The molecular weight excluding hydrogens is 322 g/mol. The number of ketones is 1. The molecule has 0 saturated carbocycles. The van der Waals surface area contributed by atoms with E-state index in [-0.39, 0.29) is 11.8 Å². The molecule has 1 aromatic carbocycles. The van der Waals surface area contributed by atoms with Crippen molar-refractivity contribution in [3.63, 3.8) is 0 Å². The van der Waals surface area contributed by atoms with Gasteiger partial charge in [-0.2, -0.15) is 10.2 Å². The molecule has 0 N–H and O–H groups in total. The maximum atomic E-state index is 11.9. The van der Waals surface area contributed by atoms with Crippen LogP contribution in [0.5, 0.6) is 0 Å². The van der Waals surface area contributed by atoms with Gasteiger partial charge in [-0.25, -0.2) is 0 Å². The average molecular weight is 351 g/mol. The van der Waals surface area contributed by atoms with Crippen LogP contribution in [-0.2, 0) is 4.79 Å². The molecular formula is C22H29N3O. The Labute approximate surface area is 157 Å². The third-order valence-electron chi connectivity index (χ3n) is 4.13. The van der Waals surface area contributed by atoms with Gasteiger partial charge < -0.3 is 0 Å². The number of nitrogens with zero attached hydrogens (tertiary/aromatic N) is 3. The maximum Gasteiger partial charge on any atom is 0.159 e. The average Bonchev–Trinajstić information content (AvgIpc) is 2.60. The fourth-order valence-corrected chi connectivity index (χ4v) is 2.70. The summed E-state index contributed by atoms with van der Waals surface area (Å²) >= 11 is 0. The molecule has 1 unspecified atom stereocenters. The summed E-state index contributed by atoms with van der Waals surface area (Å²) in [5, 5.41) is 8.11. The molecule has 0 radical (unpaired) electrons. The highest BCUT2D eigenvalue weighted by atomic mass is 16.1. The summed E-state index contributed by atoms with van der Waals surface area (Å²) < 4.78 is 0. The van der Waals surface area contributed by atoms with Gasteiger partial charge in [-0.15, -0.1) is 0 Å².